The van der Waals surface area contributed by atoms with Gasteiger partial charge in [0.15, 0.2) is 0 Å². The predicted molar refractivity (Wildman–Crippen MR) is 63.7 cm³/mol. The Labute approximate surface area is 99.1 Å². The summed E-state index contributed by atoms with van der Waals surface area (Å²) < 4.78 is 31.0. The highest BCUT2D eigenvalue weighted by Crippen LogP contribution is 2.18. The van der Waals surface area contributed by atoms with Gasteiger partial charge in [-0.25, -0.2) is 9.52 Å². The van der Waals surface area contributed by atoms with E-state index >= 15 is 0 Å². The van der Waals surface area contributed by atoms with Gasteiger partial charge in [0.25, 0.3) is 0 Å². The first-order chi connectivity index (χ1) is 7.84. The molecule has 17 heavy (non-hydrogen) atoms. The second-order valence-corrected chi connectivity index (χ2v) is 4.69. The highest BCUT2D eigenvalue weighted by molar-refractivity contribution is 7.91. The van der Waals surface area contributed by atoms with Crippen LogP contribution in [0.1, 0.15) is 5.56 Å². The molecular weight excluding hydrogens is 246 g/mol. The summed E-state index contributed by atoms with van der Waals surface area (Å²) in [7, 11) is -2.95. The van der Waals surface area contributed by atoms with E-state index in [4.69, 9.17) is 5.73 Å². The number of amides is 1. The SMILES string of the molecule is COC(=O)NS(=O)(=O)Nc1cc(N)ccc1C. The summed E-state index contributed by atoms with van der Waals surface area (Å²) in [6.07, 6.45) is -1.07. The van der Waals surface area contributed by atoms with E-state index in [1.807, 2.05) is 0 Å². The van der Waals surface area contributed by atoms with Crippen molar-refractivity contribution in [2.45, 2.75) is 6.92 Å². The smallest absolute Gasteiger partial charge is 0.422 e. The molecule has 0 aliphatic rings. The Hall–Kier alpha value is -1.96. The van der Waals surface area contributed by atoms with Crippen LogP contribution in [0, 0.1) is 6.92 Å². The van der Waals surface area contributed by atoms with Crippen molar-refractivity contribution in [1.82, 2.24) is 4.72 Å². The molecule has 8 heteroatoms. The molecular formula is C9H13N3O4S. The summed E-state index contributed by atoms with van der Waals surface area (Å²) >= 11 is 0. The molecule has 0 saturated heterocycles. The third-order valence-electron chi connectivity index (χ3n) is 1.91. The number of hydrogen-bond acceptors (Lipinski definition) is 5. The topological polar surface area (TPSA) is 111 Å². The van der Waals surface area contributed by atoms with E-state index < -0.39 is 16.3 Å². The van der Waals surface area contributed by atoms with Gasteiger partial charge in [-0.2, -0.15) is 8.42 Å². The number of hydrogen-bond donors (Lipinski definition) is 3. The Bertz CT molecular complexity index is 527. The minimum Gasteiger partial charge on any atom is -0.452 e. The molecule has 94 valence electrons. The molecule has 0 unspecified atom stereocenters. The maximum Gasteiger partial charge on any atom is 0.422 e. The van der Waals surface area contributed by atoms with E-state index in [0.29, 0.717) is 16.9 Å². The van der Waals surface area contributed by atoms with Crippen LogP contribution < -0.4 is 15.2 Å². The number of aryl methyl sites for hydroxylation is 1. The highest BCUT2D eigenvalue weighted by atomic mass is 32.2. The van der Waals surface area contributed by atoms with Gasteiger partial charge in [0.2, 0.25) is 0 Å². The third-order valence-corrected chi connectivity index (χ3v) is 2.83. The summed E-state index contributed by atoms with van der Waals surface area (Å²) in [4.78, 5) is 10.8. The molecule has 0 spiro atoms. The second kappa shape index (κ2) is 4.91. The Morgan fingerprint density at radius 1 is 1.41 bits per heavy atom. The molecule has 4 N–H and O–H groups in total. The zero-order valence-corrected chi connectivity index (χ0v) is 10.2. The largest absolute Gasteiger partial charge is 0.452 e. The maximum atomic E-state index is 11.5. The van der Waals surface area contributed by atoms with Crippen molar-refractivity contribution >= 4 is 27.7 Å². The van der Waals surface area contributed by atoms with Crippen LogP contribution >= 0.6 is 0 Å². The predicted octanol–water partition coefficient (Wildman–Crippen LogP) is 0.590. The minimum absolute atomic E-state index is 0.293. The van der Waals surface area contributed by atoms with Crippen molar-refractivity contribution in [1.29, 1.82) is 0 Å². The van der Waals surface area contributed by atoms with Crippen LogP contribution in [0.5, 0.6) is 0 Å². The number of benzene rings is 1. The number of carbonyl (C=O) groups excluding carboxylic acids is 1. The second-order valence-electron chi connectivity index (χ2n) is 3.27. The molecule has 0 fully saturated rings. The van der Waals surface area contributed by atoms with E-state index in [0.717, 1.165) is 7.11 Å². The Morgan fingerprint density at radius 3 is 2.65 bits per heavy atom. The van der Waals surface area contributed by atoms with E-state index in [1.54, 1.807) is 23.8 Å². The molecule has 0 aliphatic carbocycles. The van der Waals surface area contributed by atoms with Crippen LogP contribution in [0.15, 0.2) is 18.2 Å². The Kier molecular flexibility index (Phi) is 3.79. The summed E-state index contributed by atoms with van der Waals surface area (Å²) in [5.74, 6) is 0. The first-order valence-electron chi connectivity index (χ1n) is 4.58. The first kappa shape index (κ1) is 13.1. The van der Waals surface area contributed by atoms with Crippen molar-refractivity contribution in [3.8, 4) is 0 Å². The number of nitrogen functional groups attached to an aromatic ring is 1. The van der Waals surface area contributed by atoms with E-state index in [-0.39, 0.29) is 0 Å². The molecule has 0 saturated carbocycles. The van der Waals surface area contributed by atoms with E-state index in [1.165, 1.54) is 6.07 Å². The number of methoxy groups -OCH3 is 1. The third kappa shape index (κ3) is 3.83. The monoisotopic (exact) mass is 259 g/mol. The average Bonchev–Trinajstić information content (AvgIpc) is 2.22. The number of nitrogens with one attached hydrogen (secondary N) is 2. The van der Waals surface area contributed by atoms with E-state index in [2.05, 4.69) is 9.46 Å². The molecule has 1 amide bonds. The quantitative estimate of drug-likeness (QED) is 0.688. The van der Waals surface area contributed by atoms with Gasteiger partial charge in [-0.1, -0.05) is 6.07 Å². The molecule has 0 bridgehead atoms. The minimum atomic E-state index is -4.02. The molecule has 0 heterocycles. The van der Waals surface area contributed by atoms with Gasteiger partial charge in [0.05, 0.1) is 12.8 Å². The number of nitrogens with two attached hydrogens (primary N) is 1. The van der Waals surface area contributed by atoms with Gasteiger partial charge in [0, 0.05) is 5.69 Å². The number of carbonyl (C=O) groups is 1. The van der Waals surface area contributed by atoms with Gasteiger partial charge in [-0.3, -0.25) is 4.72 Å². The van der Waals surface area contributed by atoms with Gasteiger partial charge in [-0.05, 0) is 24.6 Å². The molecule has 1 aromatic rings. The van der Waals surface area contributed by atoms with Crippen LogP contribution in [0.2, 0.25) is 0 Å². The standard InChI is InChI=1S/C9H13N3O4S/c1-6-3-4-7(10)5-8(6)11-17(14,15)12-9(13)16-2/h3-5,11H,10H2,1-2H3,(H,12,13). The van der Waals surface area contributed by atoms with Gasteiger partial charge >= 0.3 is 16.3 Å². The van der Waals surface area contributed by atoms with Crippen molar-refractivity contribution in [2.75, 3.05) is 17.6 Å². The van der Waals surface area contributed by atoms with Crippen molar-refractivity contribution < 1.29 is 17.9 Å². The van der Waals surface area contributed by atoms with Crippen molar-refractivity contribution in [3.63, 3.8) is 0 Å². The lowest BCUT2D eigenvalue weighted by Gasteiger charge is -2.11. The van der Waals surface area contributed by atoms with Crippen molar-refractivity contribution in [2.24, 2.45) is 0 Å². The molecule has 0 aromatic heterocycles. The first-order valence-corrected chi connectivity index (χ1v) is 6.07. The fourth-order valence-corrected chi connectivity index (χ4v) is 1.93. The maximum absolute atomic E-state index is 11.5. The van der Waals surface area contributed by atoms with Crippen LogP contribution in [0.3, 0.4) is 0 Å². The molecule has 7 nitrogen and oxygen atoms in total. The lowest BCUT2D eigenvalue weighted by atomic mass is 10.2. The van der Waals surface area contributed by atoms with Crippen LogP contribution in [-0.2, 0) is 14.9 Å². The van der Waals surface area contributed by atoms with Gasteiger partial charge in [0.1, 0.15) is 0 Å². The Morgan fingerprint density at radius 2 is 2.06 bits per heavy atom. The van der Waals surface area contributed by atoms with Crippen LogP contribution in [0.4, 0.5) is 16.2 Å². The molecule has 1 rings (SSSR count). The number of ether oxygens (including phenoxy) is 1. The van der Waals surface area contributed by atoms with E-state index in [9.17, 15) is 13.2 Å². The van der Waals surface area contributed by atoms with Gasteiger partial charge in [-0.15, -0.1) is 0 Å². The zero-order valence-electron chi connectivity index (χ0n) is 9.35. The van der Waals surface area contributed by atoms with Crippen LogP contribution in [0.25, 0.3) is 0 Å². The number of rotatable bonds is 3. The van der Waals surface area contributed by atoms with Crippen molar-refractivity contribution in [3.05, 3.63) is 23.8 Å². The molecule has 0 radical (unpaired) electrons. The summed E-state index contributed by atoms with van der Waals surface area (Å²) in [6, 6.07) is 4.75. The van der Waals surface area contributed by atoms with Crippen LogP contribution in [-0.4, -0.2) is 21.6 Å². The fraction of sp³-hybridized carbons (Fsp3) is 0.222. The summed E-state index contributed by atoms with van der Waals surface area (Å²) in [5, 5.41) is 0. The molecule has 0 atom stereocenters. The summed E-state index contributed by atoms with van der Waals surface area (Å²) in [5.41, 5.74) is 6.90. The lowest BCUT2D eigenvalue weighted by molar-refractivity contribution is 0.177. The number of anilines is 2. The fourth-order valence-electron chi connectivity index (χ4n) is 1.07. The summed E-state index contributed by atoms with van der Waals surface area (Å²) in [6.45, 7) is 1.70. The molecule has 1 aromatic carbocycles. The average molecular weight is 259 g/mol. The Balaban J connectivity index is 2.90. The highest BCUT2D eigenvalue weighted by Gasteiger charge is 2.15. The zero-order chi connectivity index (χ0) is 13.1. The lowest BCUT2D eigenvalue weighted by Crippen LogP contribution is -2.35. The molecule has 0 aliphatic heterocycles. The normalized spacial score (nSPS) is 10.7. The van der Waals surface area contributed by atoms with Gasteiger partial charge < -0.3 is 10.5 Å².